The first-order valence-electron chi connectivity index (χ1n) is 7.10. The second-order valence-corrected chi connectivity index (χ2v) is 5.32. The van der Waals surface area contributed by atoms with Gasteiger partial charge in [0.05, 0.1) is 12.2 Å². The van der Waals surface area contributed by atoms with Gasteiger partial charge in [-0.3, -0.25) is 4.90 Å². The van der Waals surface area contributed by atoms with Gasteiger partial charge in [-0.15, -0.1) is 0 Å². The number of hydrogen-bond donors (Lipinski definition) is 1. The van der Waals surface area contributed by atoms with E-state index in [0.29, 0.717) is 0 Å². The van der Waals surface area contributed by atoms with Crippen molar-refractivity contribution in [1.82, 2.24) is 4.90 Å². The Kier molecular flexibility index (Phi) is 3.41. The van der Waals surface area contributed by atoms with E-state index in [1.165, 1.54) is 25.8 Å². The van der Waals surface area contributed by atoms with Crippen molar-refractivity contribution in [3.63, 3.8) is 0 Å². The normalized spacial score (nSPS) is 27.4. The van der Waals surface area contributed by atoms with Crippen molar-refractivity contribution in [2.24, 2.45) is 0 Å². The number of para-hydroxylation sites is 2. The highest BCUT2D eigenvalue weighted by molar-refractivity contribution is 5.57. The van der Waals surface area contributed by atoms with Gasteiger partial charge in [0.25, 0.3) is 0 Å². The van der Waals surface area contributed by atoms with Gasteiger partial charge in [-0.1, -0.05) is 19.1 Å². The van der Waals surface area contributed by atoms with Crippen LogP contribution in [0.4, 0.5) is 5.69 Å². The van der Waals surface area contributed by atoms with Crippen LogP contribution >= 0.6 is 0 Å². The van der Waals surface area contributed by atoms with Crippen LogP contribution in [0.1, 0.15) is 26.2 Å². The maximum Gasteiger partial charge on any atom is 0.142 e. The highest BCUT2D eigenvalue weighted by Gasteiger charge is 2.27. The molecule has 2 heterocycles. The summed E-state index contributed by atoms with van der Waals surface area (Å²) in [4.78, 5) is 2.60. The molecule has 0 amide bonds. The Hall–Kier alpha value is -1.22. The summed E-state index contributed by atoms with van der Waals surface area (Å²) in [6.07, 6.45) is 4.24. The molecule has 2 aliphatic heterocycles. The summed E-state index contributed by atoms with van der Waals surface area (Å²) < 4.78 is 6.08. The van der Waals surface area contributed by atoms with Gasteiger partial charge in [-0.2, -0.15) is 0 Å². The van der Waals surface area contributed by atoms with Gasteiger partial charge in [0.2, 0.25) is 0 Å². The third kappa shape index (κ3) is 2.32. The predicted octanol–water partition coefficient (Wildman–Crippen LogP) is 2.73. The summed E-state index contributed by atoms with van der Waals surface area (Å²) in [5.74, 6) is 1.00. The van der Waals surface area contributed by atoms with E-state index in [4.69, 9.17) is 4.74 Å². The maximum absolute atomic E-state index is 6.08. The first kappa shape index (κ1) is 11.8. The molecule has 3 heteroatoms. The standard InChI is InChI=1S/C15H22N2O/c1-2-12-6-5-9-17(12)11-13-10-16-14-7-3-4-8-15(14)18-13/h3-4,7-8,12-13,16H,2,5-6,9-11H2,1H3. The largest absolute Gasteiger partial charge is 0.485 e. The van der Waals surface area contributed by atoms with E-state index in [2.05, 4.69) is 29.3 Å². The first-order valence-corrected chi connectivity index (χ1v) is 7.10. The van der Waals surface area contributed by atoms with Crippen molar-refractivity contribution in [2.75, 3.05) is 25.0 Å². The molecule has 0 spiro atoms. The molecule has 0 saturated carbocycles. The smallest absolute Gasteiger partial charge is 0.142 e. The van der Waals surface area contributed by atoms with Crippen LogP contribution < -0.4 is 10.1 Å². The molecule has 2 atom stereocenters. The van der Waals surface area contributed by atoms with Crippen LogP contribution in [-0.4, -0.2) is 36.7 Å². The Balaban J connectivity index is 1.62. The van der Waals surface area contributed by atoms with E-state index >= 15 is 0 Å². The predicted molar refractivity (Wildman–Crippen MR) is 74.2 cm³/mol. The van der Waals surface area contributed by atoms with Crippen LogP contribution in [-0.2, 0) is 0 Å². The van der Waals surface area contributed by atoms with Crippen molar-refractivity contribution in [2.45, 2.75) is 38.3 Å². The van der Waals surface area contributed by atoms with Gasteiger partial charge in [0.1, 0.15) is 11.9 Å². The third-order valence-corrected chi connectivity index (χ3v) is 4.11. The van der Waals surface area contributed by atoms with Crippen LogP contribution in [0.3, 0.4) is 0 Å². The molecule has 1 aromatic rings. The quantitative estimate of drug-likeness (QED) is 0.887. The van der Waals surface area contributed by atoms with Gasteiger partial charge < -0.3 is 10.1 Å². The second-order valence-electron chi connectivity index (χ2n) is 5.32. The van der Waals surface area contributed by atoms with Crippen molar-refractivity contribution in [3.05, 3.63) is 24.3 Å². The fourth-order valence-electron chi connectivity index (χ4n) is 3.12. The molecule has 3 rings (SSSR count). The van der Waals surface area contributed by atoms with Crippen molar-refractivity contribution in [3.8, 4) is 5.75 Å². The average molecular weight is 246 g/mol. The summed E-state index contributed by atoms with van der Waals surface area (Å²) >= 11 is 0. The molecule has 1 saturated heterocycles. The summed E-state index contributed by atoms with van der Waals surface area (Å²) in [5.41, 5.74) is 1.13. The number of ether oxygens (including phenoxy) is 1. The van der Waals surface area contributed by atoms with E-state index in [0.717, 1.165) is 30.6 Å². The topological polar surface area (TPSA) is 24.5 Å². The lowest BCUT2D eigenvalue weighted by Gasteiger charge is -2.32. The maximum atomic E-state index is 6.08. The summed E-state index contributed by atoms with van der Waals surface area (Å²) in [6, 6.07) is 8.98. The molecule has 0 aliphatic carbocycles. The first-order chi connectivity index (χ1) is 8.86. The minimum atomic E-state index is 0.284. The fourth-order valence-corrected chi connectivity index (χ4v) is 3.12. The number of nitrogens with one attached hydrogen (secondary N) is 1. The third-order valence-electron chi connectivity index (χ3n) is 4.11. The Bertz CT molecular complexity index is 407. The minimum absolute atomic E-state index is 0.284. The SMILES string of the molecule is CCC1CCCN1CC1CNc2ccccc2O1. The van der Waals surface area contributed by atoms with Gasteiger partial charge in [0.15, 0.2) is 0 Å². The van der Waals surface area contributed by atoms with Crippen molar-refractivity contribution in [1.29, 1.82) is 0 Å². The lowest BCUT2D eigenvalue weighted by atomic mass is 10.1. The minimum Gasteiger partial charge on any atom is -0.485 e. The van der Waals surface area contributed by atoms with Crippen LogP contribution in [0.2, 0.25) is 0 Å². The molecule has 98 valence electrons. The molecule has 1 N–H and O–H groups in total. The number of fused-ring (bicyclic) bond motifs is 1. The highest BCUT2D eigenvalue weighted by atomic mass is 16.5. The number of likely N-dealkylation sites (tertiary alicyclic amines) is 1. The number of benzene rings is 1. The fraction of sp³-hybridized carbons (Fsp3) is 0.600. The number of rotatable bonds is 3. The van der Waals surface area contributed by atoms with Crippen LogP contribution in [0, 0.1) is 0 Å². The van der Waals surface area contributed by atoms with Crippen LogP contribution in [0.5, 0.6) is 5.75 Å². The average Bonchev–Trinajstić information content (AvgIpc) is 2.86. The van der Waals surface area contributed by atoms with E-state index in [1.54, 1.807) is 0 Å². The molecule has 18 heavy (non-hydrogen) atoms. The molecule has 0 aromatic heterocycles. The Morgan fingerprint density at radius 1 is 1.39 bits per heavy atom. The number of nitrogens with zero attached hydrogens (tertiary/aromatic N) is 1. The zero-order valence-electron chi connectivity index (χ0n) is 11.1. The van der Waals surface area contributed by atoms with Gasteiger partial charge >= 0.3 is 0 Å². The van der Waals surface area contributed by atoms with E-state index in [1.807, 2.05) is 12.1 Å². The molecular formula is C15H22N2O. The number of hydrogen-bond acceptors (Lipinski definition) is 3. The second kappa shape index (κ2) is 5.19. The molecule has 2 unspecified atom stereocenters. The van der Waals surface area contributed by atoms with Crippen LogP contribution in [0.25, 0.3) is 0 Å². The monoisotopic (exact) mass is 246 g/mol. The van der Waals surface area contributed by atoms with Crippen molar-refractivity contribution >= 4 is 5.69 Å². The molecule has 0 bridgehead atoms. The van der Waals surface area contributed by atoms with E-state index in [-0.39, 0.29) is 6.10 Å². The van der Waals surface area contributed by atoms with Gasteiger partial charge in [-0.25, -0.2) is 0 Å². The molecule has 0 radical (unpaired) electrons. The lowest BCUT2D eigenvalue weighted by molar-refractivity contribution is 0.127. The number of anilines is 1. The summed E-state index contributed by atoms with van der Waals surface area (Å²) in [5, 5.41) is 3.47. The Labute approximate surface area is 109 Å². The summed E-state index contributed by atoms with van der Waals surface area (Å²) in [6.45, 7) is 5.50. The summed E-state index contributed by atoms with van der Waals surface area (Å²) in [7, 11) is 0. The molecular weight excluding hydrogens is 224 g/mol. The Morgan fingerprint density at radius 2 is 2.28 bits per heavy atom. The molecule has 2 aliphatic rings. The molecule has 1 aromatic carbocycles. The van der Waals surface area contributed by atoms with E-state index in [9.17, 15) is 0 Å². The lowest BCUT2D eigenvalue weighted by Crippen LogP contribution is -2.43. The molecule has 1 fully saturated rings. The zero-order chi connectivity index (χ0) is 12.4. The van der Waals surface area contributed by atoms with Crippen LogP contribution in [0.15, 0.2) is 24.3 Å². The molecule has 3 nitrogen and oxygen atoms in total. The van der Waals surface area contributed by atoms with Crippen molar-refractivity contribution < 1.29 is 4.74 Å². The van der Waals surface area contributed by atoms with Gasteiger partial charge in [-0.05, 0) is 37.9 Å². The van der Waals surface area contributed by atoms with Gasteiger partial charge in [0, 0.05) is 12.6 Å². The highest BCUT2D eigenvalue weighted by Crippen LogP contribution is 2.29. The Morgan fingerprint density at radius 3 is 3.17 bits per heavy atom. The zero-order valence-corrected chi connectivity index (χ0v) is 11.1. The van der Waals surface area contributed by atoms with E-state index < -0.39 is 0 Å².